The van der Waals surface area contributed by atoms with Gasteiger partial charge in [-0.2, -0.15) is 5.10 Å². The number of ether oxygens (including phenoxy) is 1. The summed E-state index contributed by atoms with van der Waals surface area (Å²) in [7, 11) is 0. The standard InChI is InChI=1S/C17H17FN4O/c18-13-2-1-3-15(12-13)23-14-5-9-21(10-6-14)16-7-11-22-17(20-16)4-8-19-22/h1-4,7-8,11-12,14H,5-6,9-10H2. The number of rotatable bonds is 3. The maximum absolute atomic E-state index is 13.2. The maximum Gasteiger partial charge on any atom is 0.157 e. The number of anilines is 1. The van der Waals surface area contributed by atoms with E-state index in [1.807, 2.05) is 18.3 Å². The van der Waals surface area contributed by atoms with Gasteiger partial charge in [-0.15, -0.1) is 0 Å². The molecule has 1 aliphatic rings. The Labute approximate surface area is 133 Å². The molecule has 4 rings (SSSR count). The molecule has 23 heavy (non-hydrogen) atoms. The summed E-state index contributed by atoms with van der Waals surface area (Å²) in [5, 5.41) is 4.16. The van der Waals surface area contributed by atoms with Crippen LogP contribution in [-0.4, -0.2) is 33.8 Å². The van der Waals surface area contributed by atoms with E-state index in [0.29, 0.717) is 5.75 Å². The fourth-order valence-electron chi connectivity index (χ4n) is 2.91. The Bertz CT molecular complexity index is 811. The molecule has 3 aromatic rings. The van der Waals surface area contributed by atoms with Gasteiger partial charge >= 0.3 is 0 Å². The van der Waals surface area contributed by atoms with E-state index in [1.54, 1.807) is 22.8 Å². The number of halogens is 1. The van der Waals surface area contributed by atoms with Crippen LogP contribution in [0.3, 0.4) is 0 Å². The summed E-state index contributed by atoms with van der Waals surface area (Å²) in [6.45, 7) is 1.74. The van der Waals surface area contributed by atoms with Crippen molar-refractivity contribution in [1.29, 1.82) is 0 Å². The van der Waals surface area contributed by atoms with Crippen LogP contribution in [0.5, 0.6) is 5.75 Å². The normalized spacial score (nSPS) is 16.0. The van der Waals surface area contributed by atoms with Crippen LogP contribution in [0.2, 0.25) is 0 Å². The van der Waals surface area contributed by atoms with Gasteiger partial charge in [0.15, 0.2) is 5.65 Å². The molecule has 1 aromatic carbocycles. The van der Waals surface area contributed by atoms with Crippen LogP contribution >= 0.6 is 0 Å². The van der Waals surface area contributed by atoms with E-state index in [9.17, 15) is 4.39 Å². The van der Waals surface area contributed by atoms with E-state index in [0.717, 1.165) is 37.4 Å². The Morgan fingerprint density at radius 3 is 2.83 bits per heavy atom. The van der Waals surface area contributed by atoms with Gasteiger partial charge in [0, 0.05) is 44.3 Å². The van der Waals surface area contributed by atoms with E-state index in [4.69, 9.17) is 4.74 Å². The largest absolute Gasteiger partial charge is 0.490 e. The number of hydrogen-bond donors (Lipinski definition) is 0. The molecular formula is C17H17FN4O. The molecule has 2 aromatic heterocycles. The van der Waals surface area contributed by atoms with Crippen molar-refractivity contribution in [3.63, 3.8) is 0 Å². The van der Waals surface area contributed by atoms with Crippen LogP contribution < -0.4 is 9.64 Å². The summed E-state index contributed by atoms with van der Waals surface area (Å²) in [6.07, 6.45) is 5.57. The Morgan fingerprint density at radius 2 is 2.00 bits per heavy atom. The molecule has 0 spiro atoms. The summed E-state index contributed by atoms with van der Waals surface area (Å²) in [6, 6.07) is 10.2. The van der Waals surface area contributed by atoms with Gasteiger partial charge < -0.3 is 9.64 Å². The number of piperidine rings is 1. The van der Waals surface area contributed by atoms with Gasteiger partial charge in [-0.3, -0.25) is 0 Å². The third-order valence-electron chi connectivity index (χ3n) is 4.11. The van der Waals surface area contributed by atoms with Gasteiger partial charge in [-0.05, 0) is 18.2 Å². The zero-order chi connectivity index (χ0) is 15.6. The second-order valence-electron chi connectivity index (χ2n) is 5.68. The molecule has 0 aliphatic carbocycles. The topological polar surface area (TPSA) is 42.7 Å². The van der Waals surface area contributed by atoms with E-state index < -0.39 is 0 Å². The number of nitrogens with zero attached hydrogens (tertiary/aromatic N) is 4. The zero-order valence-electron chi connectivity index (χ0n) is 12.6. The fraction of sp³-hybridized carbons (Fsp3) is 0.294. The lowest BCUT2D eigenvalue weighted by atomic mass is 10.1. The smallest absolute Gasteiger partial charge is 0.157 e. The van der Waals surface area contributed by atoms with Crippen LogP contribution in [0.1, 0.15) is 12.8 Å². The minimum absolute atomic E-state index is 0.117. The summed E-state index contributed by atoms with van der Waals surface area (Å²) < 4.78 is 20.8. The lowest BCUT2D eigenvalue weighted by Crippen LogP contribution is -2.38. The molecular weight excluding hydrogens is 295 g/mol. The van der Waals surface area contributed by atoms with Gasteiger partial charge in [-0.25, -0.2) is 13.9 Å². The van der Waals surface area contributed by atoms with E-state index >= 15 is 0 Å². The first-order chi connectivity index (χ1) is 11.3. The highest BCUT2D eigenvalue weighted by atomic mass is 19.1. The molecule has 0 amide bonds. The second kappa shape index (κ2) is 5.87. The van der Waals surface area contributed by atoms with Gasteiger partial charge in [0.2, 0.25) is 0 Å². The first-order valence-electron chi connectivity index (χ1n) is 7.75. The fourth-order valence-corrected chi connectivity index (χ4v) is 2.91. The average Bonchev–Trinajstić information content (AvgIpc) is 3.03. The first-order valence-corrected chi connectivity index (χ1v) is 7.75. The molecule has 3 heterocycles. The third-order valence-corrected chi connectivity index (χ3v) is 4.11. The first kappa shape index (κ1) is 14.0. The second-order valence-corrected chi connectivity index (χ2v) is 5.68. The van der Waals surface area contributed by atoms with Crippen LogP contribution in [0.15, 0.2) is 48.8 Å². The zero-order valence-corrected chi connectivity index (χ0v) is 12.6. The number of benzene rings is 1. The van der Waals surface area contributed by atoms with Crippen LogP contribution in [0.25, 0.3) is 5.65 Å². The number of hydrogen-bond acceptors (Lipinski definition) is 4. The lowest BCUT2D eigenvalue weighted by molar-refractivity contribution is 0.170. The Hall–Kier alpha value is -2.63. The molecule has 1 aliphatic heterocycles. The van der Waals surface area contributed by atoms with Crippen molar-refractivity contribution in [3.05, 3.63) is 54.6 Å². The van der Waals surface area contributed by atoms with Gasteiger partial charge in [0.05, 0.1) is 6.20 Å². The highest BCUT2D eigenvalue weighted by molar-refractivity contribution is 5.47. The summed E-state index contributed by atoms with van der Waals surface area (Å²) >= 11 is 0. The minimum atomic E-state index is -0.266. The van der Waals surface area contributed by atoms with Crippen molar-refractivity contribution in [2.24, 2.45) is 0 Å². The Balaban J connectivity index is 1.40. The van der Waals surface area contributed by atoms with Gasteiger partial charge in [0.25, 0.3) is 0 Å². The van der Waals surface area contributed by atoms with E-state index in [1.165, 1.54) is 12.1 Å². The van der Waals surface area contributed by atoms with E-state index in [2.05, 4.69) is 15.0 Å². The molecule has 118 valence electrons. The minimum Gasteiger partial charge on any atom is -0.490 e. The van der Waals surface area contributed by atoms with E-state index in [-0.39, 0.29) is 11.9 Å². The number of fused-ring (bicyclic) bond motifs is 1. The Morgan fingerprint density at radius 1 is 1.13 bits per heavy atom. The predicted octanol–water partition coefficient (Wildman–Crippen LogP) is 2.92. The number of aromatic nitrogens is 3. The maximum atomic E-state index is 13.2. The Kier molecular flexibility index (Phi) is 3.57. The molecule has 0 radical (unpaired) electrons. The summed E-state index contributed by atoms with van der Waals surface area (Å²) in [5.74, 6) is 1.29. The summed E-state index contributed by atoms with van der Waals surface area (Å²) in [5.41, 5.74) is 0.848. The monoisotopic (exact) mass is 312 g/mol. The molecule has 0 saturated carbocycles. The van der Waals surface area contributed by atoms with Crippen molar-refractivity contribution in [3.8, 4) is 5.75 Å². The van der Waals surface area contributed by atoms with Crippen molar-refractivity contribution in [1.82, 2.24) is 14.6 Å². The molecule has 0 atom stereocenters. The summed E-state index contributed by atoms with van der Waals surface area (Å²) in [4.78, 5) is 6.86. The molecule has 0 bridgehead atoms. The van der Waals surface area contributed by atoms with Crippen LogP contribution in [0.4, 0.5) is 10.2 Å². The molecule has 0 N–H and O–H groups in total. The average molecular weight is 312 g/mol. The molecule has 1 saturated heterocycles. The third kappa shape index (κ3) is 2.97. The molecule has 5 nitrogen and oxygen atoms in total. The quantitative estimate of drug-likeness (QED) is 0.746. The van der Waals surface area contributed by atoms with Gasteiger partial charge in [0.1, 0.15) is 23.5 Å². The SMILES string of the molecule is Fc1cccc(OC2CCN(c3ccn4nccc4n3)CC2)c1. The van der Waals surface area contributed by atoms with Gasteiger partial charge in [-0.1, -0.05) is 6.07 Å². The molecule has 1 fully saturated rings. The lowest BCUT2D eigenvalue weighted by Gasteiger charge is -2.32. The van der Waals surface area contributed by atoms with Crippen LogP contribution in [0, 0.1) is 5.82 Å². The van der Waals surface area contributed by atoms with Crippen molar-refractivity contribution >= 4 is 11.5 Å². The predicted molar refractivity (Wildman–Crippen MR) is 85.3 cm³/mol. The van der Waals surface area contributed by atoms with Crippen molar-refractivity contribution in [2.45, 2.75) is 18.9 Å². The van der Waals surface area contributed by atoms with Crippen LogP contribution in [-0.2, 0) is 0 Å². The highest BCUT2D eigenvalue weighted by Crippen LogP contribution is 2.22. The van der Waals surface area contributed by atoms with Crippen molar-refractivity contribution < 1.29 is 9.13 Å². The molecule has 6 heteroatoms. The van der Waals surface area contributed by atoms with Crippen molar-refractivity contribution in [2.75, 3.05) is 18.0 Å². The molecule has 0 unspecified atom stereocenters. The highest BCUT2D eigenvalue weighted by Gasteiger charge is 2.21.